The Hall–Kier alpha value is -2.31. The molecule has 6 heteroatoms. The molecule has 1 saturated heterocycles. The molecule has 0 bridgehead atoms. The number of likely N-dealkylation sites (tertiary alicyclic amines) is 1. The first-order chi connectivity index (χ1) is 14.5. The van der Waals surface area contributed by atoms with Crippen molar-refractivity contribution in [2.75, 3.05) is 44.8 Å². The molecule has 5 nitrogen and oxygen atoms in total. The van der Waals surface area contributed by atoms with Gasteiger partial charge in [0.1, 0.15) is 0 Å². The molecule has 0 unspecified atom stereocenters. The molecule has 2 aromatic rings. The quantitative estimate of drug-likeness (QED) is 0.655. The Kier molecular flexibility index (Phi) is 8.34. The van der Waals surface area contributed by atoms with Crippen LogP contribution in [0.3, 0.4) is 0 Å². The molecule has 0 aromatic heterocycles. The fourth-order valence-electron chi connectivity index (χ4n) is 3.90. The summed E-state index contributed by atoms with van der Waals surface area (Å²) in [6.07, 6.45) is 5.14. The van der Waals surface area contributed by atoms with Gasteiger partial charge in [-0.05, 0) is 56.2 Å². The largest absolute Gasteiger partial charge is 0.342 e. The van der Waals surface area contributed by atoms with Crippen LogP contribution in [0.2, 0.25) is 0 Å². The summed E-state index contributed by atoms with van der Waals surface area (Å²) in [6.45, 7) is 2.06. The molecule has 1 heterocycles. The standard InChI is InChI=1S/C24H31N3O2S/c1-26(17-23(28)25-21-10-6-7-11-22(21)30-2)18-24(29)27-14-12-20(13-15-27)16-19-8-4-3-5-9-19/h3-11,20H,12-18H2,1-2H3,(H,25,28). The number of hydrogen-bond acceptors (Lipinski definition) is 4. The normalized spacial score (nSPS) is 14.7. The summed E-state index contributed by atoms with van der Waals surface area (Å²) in [5.41, 5.74) is 2.19. The summed E-state index contributed by atoms with van der Waals surface area (Å²) >= 11 is 1.60. The molecule has 1 fully saturated rings. The van der Waals surface area contributed by atoms with E-state index in [0.717, 1.165) is 42.9 Å². The van der Waals surface area contributed by atoms with Crippen molar-refractivity contribution in [1.29, 1.82) is 0 Å². The Labute approximate surface area is 183 Å². The van der Waals surface area contributed by atoms with Gasteiger partial charge in [-0.3, -0.25) is 14.5 Å². The number of likely N-dealkylation sites (N-methyl/N-ethyl adjacent to an activating group) is 1. The van der Waals surface area contributed by atoms with E-state index in [9.17, 15) is 9.59 Å². The van der Waals surface area contributed by atoms with Crippen LogP contribution in [0.1, 0.15) is 18.4 Å². The van der Waals surface area contributed by atoms with Gasteiger partial charge >= 0.3 is 0 Å². The minimum atomic E-state index is -0.103. The molecule has 0 spiro atoms. The van der Waals surface area contributed by atoms with E-state index >= 15 is 0 Å². The van der Waals surface area contributed by atoms with Gasteiger partial charge in [0.25, 0.3) is 0 Å². The average Bonchev–Trinajstić information content (AvgIpc) is 2.75. The summed E-state index contributed by atoms with van der Waals surface area (Å²) in [6, 6.07) is 18.3. The number of anilines is 1. The van der Waals surface area contributed by atoms with E-state index in [0.29, 0.717) is 5.92 Å². The van der Waals surface area contributed by atoms with Crippen LogP contribution in [0.4, 0.5) is 5.69 Å². The van der Waals surface area contributed by atoms with Crippen molar-refractivity contribution in [2.24, 2.45) is 5.92 Å². The molecule has 1 N–H and O–H groups in total. The number of hydrogen-bond donors (Lipinski definition) is 1. The molecular formula is C24H31N3O2S. The second-order valence-corrected chi connectivity index (χ2v) is 8.78. The summed E-state index contributed by atoms with van der Waals surface area (Å²) < 4.78 is 0. The highest BCUT2D eigenvalue weighted by Gasteiger charge is 2.24. The minimum Gasteiger partial charge on any atom is -0.342 e. The number of piperidine rings is 1. The highest BCUT2D eigenvalue weighted by molar-refractivity contribution is 7.98. The van der Waals surface area contributed by atoms with E-state index in [4.69, 9.17) is 0 Å². The zero-order valence-corrected chi connectivity index (χ0v) is 18.7. The molecule has 2 aromatic carbocycles. The third-order valence-electron chi connectivity index (χ3n) is 5.53. The van der Waals surface area contributed by atoms with Gasteiger partial charge in [0.2, 0.25) is 11.8 Å². The number of carbonyl (C=O) groups excluding carboxylic acids is 2. The average molecular weight is 426 g/mol. The maximum Gasteiger partial charge on any atom is 0.238 e. The van der Waals surface area contributed by atoms with Gasteiger partial charge in [0.15, 0.2) is 0 Å². The molecule has 3 rings (SSSR count). The number of nitrogens with one attached hydrogen (secondary N) is 1. The molecule has 160 valence electrons. The van der Waals surface area contributed by atoms with Crippen molar-refractivity contribution < 1.29 is 9.59 Å². The third-order valence-corrected chi connectivity index (χ3v) is 6.33. The molecule has 0 radical (unpaired) electrons. The number of rotatable bonds is 8. The van der Waals surface area contributed by atoms with Crippen molar-refractivity contribution in [3.05, 3.63) is 60.2 Å². The van der Waals surface area contributed by atoms with E-state index in [1.54, 1.807) is 16.7 Å². The van der Waals surface area contributed by atoms with Gasteiger partial charge in [0.05, 0.1) is 18.8 Å². The van der Waals surface area contributed by atoms with E-state index in [2.05, 4.69) is 29.6 Å². The Bertz CT molecular complexity index is 835. The Morgan fingerprint density at radius 3 is 2.40 bits per heavy atom. The third kappa shape index (κ3) is 6.61. The molecule has 0 aliphatic carbocycles. The summed E-state index contributed by atoms with van der Waals surface area (Å²) in [7, 11) is 1.82. The first-order valence-corrected chi connectivity index (χ1v) is 11.7. The molecule has 30 heavy (non-hydrogen) atoms. The molecule has 1 aliphatic heterocycles. The number of amides is 2. The van der Waals surface area contributed by atoms with Crippen molar-refractivity contribution >= 4 is 29.3 Å². The maximum atomic E-state index is 12.7. The van der Waals surface area contributed by atoms with E-state index in [1.165, 1.54) is 5.56 Å². The molecule has 2 amide bonds. The van der Waals surface area contributed by atoms with Crippen LogP contribution in [0.5, 0.6) is 0 Å². The topological polar surface area (TPSA) is 52.7 Å². The molecular weight excluding hydrogens is 394 g/mol. The van der Waals surface area contributed by atoms with Crippen LogP contribution >= 0.6 is 11.8 Å². The van der Waals surface area contributed by atoms with Gasteiger partial charge in [-0.1, -0.05) is 42.5 Å². The number of nitrogens with zero attached hydrogens (tertiary/aromatic N) is 2. The van der Waals surface area contributed by atoms with Crippen molar-refractivity contribution in [3.8, 4) is 0 Å². The maximum absolute atomic E-state index is 12.7. The zero-order valence-electron chi connectivity index (χ0n) is 17.8. The van der Waals surface area contributed by atoms with Crippen molar-refractivity contribution in [1.82, 2.24) is 9.80 Å². The fourth-order valence-corrected chi connectivity index (χ4v) is 4.46. The second kappa shape index (κ2) is 11.2. The smallest absolute Gasteiger partial charge is 0.238 e. The zero-order chi connectivity index (χ0) is 21.3. The molecule has 0 saturated carbocycles. The van der Waals surface area contributed by atoms with Crippen LogP contribution in [0, 0.1) is 5.92 Å². The van der Waals surface area contributed by atoms with Crippen LogP contribution in [-0.4, -0.2) is 61.1 Å². The Morgan fingerprint density at radius 2 is 1.70 bits per heavy atom. The van der Waals surface area contributed by atoms with Crippen LogP contribution < -0.4 is 5.32 Å². The van der Waals surface area contributed by atoms with Crippen LogP contribution in [0.15, 0.2) is 59.5 Å². The lowest BCUT2D eigenvalue weighted by atomic mass is 9.90. The van der Waals surface area contributed by atoms with Crippen molar-refractivity contribution in [2.45, 2.75) is 24.2 Å². The lowest BCUT2D eigenvalue weighted by Gasteiger charge is -2.33. The van der Waals surface area contributed by atoms with Gasteiger partial charge in [0, 0.05) is 18.0 Å². The van der Waals surface area contributed by atoms with Gasteiger partial charge < -0.3 is 10.2 Å². The highest BCUT2D eigenvalue weighted by atomic mass is 32.2. The molecule has 0 atom stereocenters. The molecule has 1 aliphatic rings. The lowest BCUT2D eigenvalue weighted by molar-refractivity contribution is -0.133. The fraction of sp³-hybridized carbons (Fsp3) is 0.417. The predicted octanol–water partition coefficient (Wildman–Crippen LogP) is 3.76. The number of para-hydroxylation sites is 1. The first-order valence-electron chi connectivity index (χ1n) is 10.5. The lowest BCUT2D eigenvalue weighted by Crippen LogP contribution is -2.44. The second-order valence-electron chi connectivity index (χ2n) is 7.93. The van der Waals surface area contributed by atoms with E-state index in [-0.39, 0.29) is 24.9 Å². The van der Waals surface area contributed by atoms with E-state index < -0.39 is 0 Å². The van der Waals surface area contributed by atoms with Gasteiger partial charge in [-0.25, -0.2) is 0 Å². The van der Waals surface area contributed by atoms with Gasteiger partial charge in [-0.15, -0.1) is 11.8 Å². The van der Waals surface area contributed by atoms with Crippen LogP contribution in [-0.2, 0) is 16.0 Å². The Morgan fingerprint density at radius 1 is 1.03 bits per heavy atom. The summed E-state index contributed by atoms with van der Waals surface area (Å²) in [5, 5.41) is 2.95. The van der Waals surface area contributed by atoms with Gasteiger partial charge in [-0.2, -0.15) is 0 Å². The Balaban J connectivity index is 1.40. The van der Waals surface area contributed by atoms with E-state index in [1.807, 2.05) is 48.5 Å². The van der Waals surface area contributed by atoms with Crippen LogP contribution in [0.25, 0.3) is 0 Å². The van der Waals surface area contributed by atoms with Crippen molar-refractivity contribution in [3.63, 3.8) is 0 Å². The predicted molar refractivity (Wildman–Crippen MR) is 124 cm³/mol. The number of benzene rings is 2. The highest BCUT2D eigenvalue weighted by Crippen LogP contribution is 2.24. The summed E-state index contributed by atoms with van der Waals surface area (Å²) in [5.74, 6) is 0.637. The SMILES string of the molecule is CSc1ccccc1NC(=O)CN(C)CC(=O)N1CCC(Cc2ccccc2)CC1. The monoisotopic (exact) mass is 425 g/mol. The minimum absolute atomic E-state index is 0.103. The number of carbonyl (C=O) groups is 2. The summed E-state index contributed by atoms with van der Waals surface area (Å²) in [4.78, 5) is 29.8. The number of thioether (sulfide) groups is 1. The first kappa shape index (κ1) is 22.4.